The Morgan fingerprint density at radius 1 is 1.22 bits per heavy atom. The summed E-state index contributed by atoms with van der Waals surface area (Å²) in [7, 11) is -3.28. The summed E-state index contributed by atoms with van der Waals surface area (Å²) in [5.41, 5.74) is -0.760. The Labute approximate surface area is 103 Å². The van der Waals surface area contributed by atoms with Crippen molar-refractivity contribution in [3.05, 3.63) is 29.8 Å². The largest absolute Gasteiger partial charge is 0.492 e. The lowest BCUT2D eigenvalue weighted by molar-refractivity contribution is -0.137. The van der Waals surface area contributed by atoms with Gasteiger partial charge in [0.25, 0.3) is 0 Å². The van der Waals surface area contributed by atoms with Crippen LogP contribution in [0.3, 0.4) is 0 Å². The molecule has 0 radical (unpaired) electrons. The minimum absolute atomic E-state index is 0.0401. The van der Waals surface area contributed by atoms with Crippen molar-refractivity contribution in [1.29, 1.82) is 0 Å². The molecule has 4 nitrogen and oxygen atoms in total. The van der Waals surface area contributed by atoms with Crippen molar-refractivity contribution < 1.29 is 26.3 Å². The van der Waals surface area contributed by atoms with E-state index in [0.717, 1.165) is 18.4 Å². The van der Waals surface area contributed by atoms with Gasteiger partial charge in [0.15, 0.2) is 0 Å². The van der Waals surface area contributed by atoms with Gasteiger partial charge in [0.05, 0.1) is 11.8 Å². The zero-order valence-corrected chi connectivity index (χ0v) is 10.3. The molecule has 0 fully saturated rings. The van der Waals surface area contributed by atoms with E-state index in [9.17, 15) is 21.6 Å². The molecule has 0 aromatic heterocycles. The van der Waals surface area contributed by atoms with Crippen LogP contribution in [-0.4, -0.2) is 27.8 Å². The van der Waals surface area contributed by atoms with E-state index in [1.165, 1.54) is 12.1 Å². The number of ether oxygens (including phenoxy) is 1. The lowest BCUT2D eigenvalue weighted by atomic mass is 10.2. The summed E-state index contributed by atoms with van der Waals surface area (Å²) in [6, 6.07) is 4.17. The first-order chi connectivity index (χ1) is 8.18. The second kappa shape index (κ2) is 5.57. The normalized spacial score (nSPS) is 12.4. The van der Waals surface area contributed by atoms with Gasteiger partial charge in [-0.3, -0.25) is 0 Å². The van der Waals surface area contributed by atoms with Gasteiger partial charge in [0.2, 0.25) is 10.0 Å². The van der Waals surface area contributed by atoms with Gasteiger partial charge in [-0.2, -0.15) is 13.2 Å². The molecule has 0 spiro atoms. The zero-order valence-electron chi connectivity index (χ0n) is 9.49. The maximum Gasteiger partial charge on any atom is 0.416 e. The summed E-state index contributed by atoms with van der Waals surface area (Å²) in [6.07, 6.45) is -3.37. The van der Waals surface area contributed by atoms with Crippen LogP contribution >= 0.6 is 0 Å². The molecular formula is C10H12F3NO3S. The van der Waals surface area contributed by atoms with Crippen LogP contribution in [0.5, 0.6) is 5.75 Å². The molecule has 1 aromatic carbocycles. The first-order valence-electron chi connectivity index (χ1n) is 4.93. The molecule has 0 aliphatic carbocycles. The Hall–Kier alpha value is -1.28. The van der Waals surface area contributed by atoms with Gasteiger partial charge in [-0.25, -0.2) is 13.1 Å². The van der Waals surface area contributed by atoms with Crippen LogP contribution in [0.2, 0.25) is 0 Å². The molecule has 1 aromatic rings. The van der Waals surface area contributed by atoms with E-state index in [-0.39, 0.29) is 18.9 Å². The zero-order chi connectivity index (χ0) is 13.8. The number of hydrogen-bond donors (Lipinski definition) is 1. The average Bonchev–Trinajstić information content (AvgIpc) is 2.22. The Bertz CT molecular complexity index is 482. The minimum Gasteiger partial charge on any atom is -0.492 e. The van der Waals surface area contributed by atoms with Gasteiger partial charge in [0.1, 0.15) is 12.4 Å². The Morgan fingerprint density at radius 2 is 1.78 bits per heavy atom. The molecule has 0 unspecified atom stereocenters. The Kier molecular flexibility index (Phi) is 4.58. The smallest absolute Gasteiger partial charge is 0.416 e. The van der Waals surface area contributed by atoms with Crippen molar-refractivity contribution in [2.24, 2.45) is 0 Å². The number of alkyl halides is 3. The number of sulfonamides is 1. The fraction of sp³-hybridized carbons (Fsp3) is 0.400. The van der Waals surface area contributed by atoms with Crippen LogP contribution in [0.25, 0.3) is 0 Å². The van der Waals surface area contributed by atoms with Crippen LogP contribution in [0.15, 0.2) is 24.3 Å². The molecule has 0 saturated heterocycles. The number of hydrogen-bond acceptors (Lipinski definition) is 3. The quantitative estimate of drug-likeness (QED) is 0.836. The fourth-order valence-electron chi connectivity index (χ4n) is 1.14. The fourth-order valence-corrected chi connectivity index (χ4v) is 1.59. The summed E-state index contributed by atoms with van der Waals surface area (Å²) in [5, 5.41) is 0. The third kappa shape index (κ3) is 5.37. The van der Waals surface area contributed by atoms with E-state index in [0.29, 0.717) is 0 Å². The summed E-state index contributed by atoms with van der Waals surface area (Å²) in [5.74, 6) is 0.248. The average molecular weight is 283 g/mol. The summed E-state index contributed by atoms with van der Waals surface area (Å²) < 4.78 is 65.4. The van der Waals surface area contributed by atoms with Crippen LogP contribution in [0, 0.1) is 0 Å². The lowest BCUT2D eigenvalue weighted by Gasteiger charge is -2.09. The number of rotatable bonds is 5. The van der Waals surface area contributed by atoms with Gasteiger partial charge in [0, 0.05) is 6.54 Å². The predicted octanol–water partition coefficient (Wildman–Crippen LogP) is 1.63. The molecule has 1 rings (SSSR count). The predicted molar refractivity (Wildman–Crippen MR) is 59.8 cm³/mol. The monoisotopic (exact) mass is 283 g/mol. The van der Waals surface area contributed by atoms with Crippen molar-refractivity contribution in [3.63, 3.8) is 0 Å². The number of nitrogens with one attached hydrogen (secondary N) is 1. The van der Waals surface area contributed by atoms with E-state index < -0.39 is 21.8 Å². The van der Waals surface area contributed by atoms with Gasteiger partial charge in [-0.05, 0) is 24.3 Å². The van der Waals surface area contributed by atoms with Crippen molar-refractivity contribution >= 4 is 10.0 Å². The number of benzene rings is 1. The molecule has 18 heavy (non-hydrogen) atoms. The topological polar surface area (TPSA) is 55.4 Å². The maximum absolute atomic E-state index is 12.2. The van der Waals surface area contributed by atoms with Crippen molar-refractivity contribution in [1.82, 2.24) is 4.72 Å². The minimum atomic E-state index is -4.38. The number of halogens is 3. The van der Waals surface area contributed by atoms with Crippen LogP contribution in [-0.2, 0) is 16.2 Å². The van der Waals surface area contributed by atoms with Gasteiger partial charge in [-0.15, -0.1) is 0 Å². The van der Waals surface area contributed by atoms with E-state index >= 15 is 0 Å². The SMILES string of the molecule is CS(=O)(=O)NCCOc1ccc(C(F)(F)F)cc1. The van der Waals surface area contributed by atoms with E-state index in [1.807, 2.05) is 0 Å². The first kappa shape index (κ1) is 14.8. The van der Waals surface area contributed by atoms with Gasteiger partial charge >= 0.3 is 6.18 Å². The van der Waals surface area contributed by atoms with Gasteiger partial charge < -0.3 is 4.74 Å². The van der Waals surface area contributed by atoms with E-state index in [1.54, 1.807) is 0 Å². The first-order valence-corrected chi connectivity index (χ1v) is 6.82. The van der Waals surface area contributed by atoms with Gasteiger partial charge in [-0.1, -0.05) is 0 Å². The summed E-state index contributed by atoms with van der Waals surface area (Å²) in [4.78, 5) is 0. The van der Waals surface area contributed by atoms with Crippen LogP contribution < -0.4 is 9.46 Å². The van der Waals surface area contributed by atoms with Crippen molar-refractivity contribution in [2.45, 2.75) is 6.18 Å². The molecule has 0 bridgehead atoms. The molecule has 0 amide bonds. The third-order valence-electron chi connectivity index (χ3n) is 1.92. The summed E-state index contributed by atoms with van der Waals surface area (Å²) in [6.45, 7) is 0.0955. The molecular weight excluding hydrogens is 271 g/mol. The molecule has 1 N–H and O–H groups in total. The van der Waals surface area contributed by atoms with Crippen LogP contribution in [0.1, 0.15) is 5.56 Å². The molecule has 0 heterocycles. The van der Waals surface area contributed by atoms with Crippen molar-refractivity contribution in [2.75, 3.05) is 19.4 Å². The second-order valence-corrected chi connectivity index (χ2v) is 5.37. The highest BCUT2D eigenvalue weighted by molar-refractivity contribution is 7.88. The molecule has 8 heteroatoms. The van der Waals surface area contributed by atoms with Crippen molar-refractivity contribution in [3.8, 4) is 5.75 Å². The molecule has 0 atom stereocenters. The van der Waals surface area contributed by atoms with E-state index in [4.69, 9.17) is 4.74 Å². The van der Waals surface area contributed by atoms with Crippen LogP contribution in [0.4, 0.5) is 13.2 Å². The molecule has 102 valence electrons. The highest BCUT2D eigenvalue weighted by atomic mass is 32.2. The summed E-state index contributed by atoms with van der Waals surface area (Å²) >= 11 is 0. The second-order valence-electron chi connectivity index (χ2n) is 3.54. The Balaban J connectivity index is 2.45. The van der Waals surface area contributed by atoms with E-state index in [2.05, 4.69) is 4.72 Å². The third-order valence-corrected chi connectivity index (χ3v) is 2.65. The standard InChI is InChI=1S/C10H12F3NO3S/c1-18(15,16)14-6-7-17-9-4-2-8(3-5-9)10(11,12)13/h2-5,14H,6-7H2,1H3. The Morgan fingerprint density at radius 3 is 2.22 bits per heavy atom. The highest BCUT2D eigenvalue weighted by Crippen LogP contribution is 2.30. The lowest BCUT2D eigenvalue weighted by Crippen LogP contribution is -2.26. The maximum atomic E-state index is 12.2. The highest BCUT2D eigenvalue weighted by Gasteiger charge is 2.29. The molecule has 0 aliphatic heterocycles. The molecule has 0 aliphatic rings. The molecule has 0 saturated carbocycles.